The summed E-state index contributed by atoms with van der Waals surface area (Å²) in [7, 11) is 3.85. The van der Waals surface area contributed by atoms with E-state index in [1.165, 1.54) is 83.5 Å². The number of nitrogens with zero attached hydrogens (tertiary/aromatic N) is 6. The average molecular weight is 1130 g/mol. The number of unbranched alkanes of at least 4 members (excludes halogenated alkanes) is 23. The molecule has 80 heavy (non-hydrogen) atoms. The van der Waals surface area contributed by atoms with Crippen LogP contribution in [0.5, 0.6) is 0 Å². The molecule has 0 spiro atoms. The maximum atomic E-state index is 13.5. The number of rotatable bonds is 48. The summed E-state index contributed by atoms with van der Waals surface area (Å²) in [4.78, 5) is 85.7. The van der Waals surface area contributed by atoms with E-state index in [2.05, 4.69) is 43.1 Å². The molecule has 0 radical (unpaired) electrons. The number of esters is 2. The molecule has 1 aliphatic heterocycles. The number of carboxylic acids is 3. The third-order valence-corrected chi connectivity index (χ3v) is 15.0. The molecule has 0 aromatic rings. The number of hydrogen-bond acceptors (Lipinski definition) is 13. The minimum atomic E-state index is -0.970. The number of ether oxygens (including phenoxy) is 2. The molecule has 0 aromatic carbocycles. The van der Waals surface area contributed by atoms with Gasteiger partial charge in [0.15, 0.2) is 0 Å². The molecule has 1 aliphatic rings. The molecule has 1 saturated heterocycles. The first-order chi connectivity index (χ1) is 38.7. The van der Waals surface area contributed by atoms with Crippen molar-refractivity contribution in [3.8, 4) is 0 Å². The van der Waals surface area contributed by atoms with Crippen molar-refractivity contribution in [1.29, 1.82) is 0 Å². The largest absolute Gasteiger partial charge is 0.480 e. The van der Waals surface area contributed by atoms with E-state index >= 15 is 0 Å². The summed E-state index contributed by atoms with van der Waals surface area (Å²) in [5.41, 5.74) is 0. The Hall–Kier alpha value is -3.90. The number of allylic oxidation sites excluding steroid dienone is 4. The van der Waals surface area contributed by atoms with Gasteiger partial charge < -0.3 is 34.6 Å². The van der Waals surface area contributed by atoms with Gasteiger partial charge in [-0.05, 0) is 110 Å². The molecule has 3 N–H and O–H groups in total. The minimum absolute atomic E-state index is 0.0185. The van der Waals surface area contributed by atoms with Crippen LogP contribution in [0.2, 0.25) is 0 Å². The number of likely N-dealkylation sites (N-methyl/N-ethyl adjacent to an activating group) is 2. The van der Waals surface area contributed by atoms with Crippen molar-refractivity contribution >= 4 is 35.8 Å². The number of hydrogen-bond donors (Lipinski definition) is 3. The van der Waals surface area contributed by atoms with Crippen LogP contribution in [0.15, 0.2) is 24.3 Å². The maximum Gasteiger partial charge on any atom is 0.317 e. The average Bonchev–Trinajstić information content (AvgIpc) is 3.41. The van der Waals surface area contributed by atoms with E-state index in [1.807, 2.05) is 23.9 Å². The van der Waals surface area contributed by atoms with Crippen molar-refractivity contribution < 1.29 is 53.6 Å². The first kappa shape index (κ1) is 74.1. The van der Waals surface area contributed by atoms with Gasteiger partial charge in [0.25, 0.3) is 0 Å². The molecule has 1 rings (SSSR count). The second kappa shape index (κ2) is 51.9. The summed E-state index contributed by atoms with van der Waals surface area (Å²) >= 11 is 0. The van der Waals surface area contributed by atoms with E-state index < -0.39 is 24.0 Å². The molecule has 1 heterocycles. The second-order valence-electron chi connectivity index (χ2n) is 22.7. The van der Waals surface area contributed by atoms with Gasteiger partial charge in [0, 0.05) is 78.8 Å². The lowest BCUT2D eigenvalue weighted by Crippen LogP contribution is -2.46. The molecule has 1 unspecified atom stereocenters. The summed E-state index contributed by atoms with van der Waals surface area (Å²) in [5, 5.41) is 28.6. The van der Waals surface area contributed by atoms with Crippen molar-refractivity contribution in [1.82, 2.24) is 29.4 Å². The highest BCUT2D eigenvalue weighted by molar-refractivity contribution is 5.78. The van der Waals surface area contributed by atoms with Crippen LogP contribution in [0.4, 0.5) is 0 Å². The Labute approximate surface area is 485 Å². The molecule has 0 aliphatic carbocycles. The first-order valence-corrected chi connectivity index (χ1v) is 31.8. The molecule has 17 heteroatoms. The van der Waals surface area contributed by atoms with Gasteiger partial charge in [-0.2, -0.15) is 0 Å². The Balaban J connectivity index is 2.58. The van der Waals surface area contributed by atoms with Crippen LogP contribution >= 0.6 is 0 Å². The third kappa shape index (κ3) is 46.7. The van der Waals surface area contributed by atoms with Crippen molar-refractivity contribution in [3.05, 3.63) is 24.3 Å². The lowest BCUT2D eigenvalue weighted by Gasteiger charge is -2.31. The highest BCUT2D eigenvalue weighted by atomic mass is 16.6. The predicted octanol–water partition coefficient (Wildman–Crippen LogP) is 10.9. The molecular formula is C63H116N6O11. The lowest BCUT2D eigenvalue weighted by molar-refractivity contribution is -0.160. The third-order valence-electron chi connectivity index (χ3n) is 15.0. The summed E-state index contributed by atoms with van der Waals surface area (Å²) in [6.45, 7) is 9.71. The standard InChI is InChI=1S/C63H116N6O11/c1-5-7-9-11-13-15-17-19-21-23-25-29-33-39-62(77)79-56-57(80-63(78)40-34-30-26-24-22-20-18-16-14-12-10-8-6-2)51-64(3)41-35-31-27-28-32-36-42-65(4)58(70)52-66-43-37-44-68(54-60(73)74)49-50-69(55-61(75)76)46-38-45-67(48-47-66)53-59(71)72/h15-18,57H,5-14,19-56H2,1-4H3,(H,71,72)(H,73,74)(H,75,76)/b17-15+,18-16+. The predicted molar refractivity (Wildman–Crippen MR) is 322 cm³/mol. The van der Waals surface area contributed by atoms with E-state index in [-0.39, 0.29) is 50.6 Å². The Bertz CT molecular complexity index is 1650. The Morgan fingerprint density at radius 3 is 1.20 bits per heavy atom. The zero-order valence-electron chi connectivity index (χ0n) is 51.1. The van der Waals surface area contributed by atoms with Crippen LogP contribution in [0, 0.1) is 0 Å². The normalized spacial score (nSPS) is 15.4. The Morgan fingerprint density at radius 1 is 0.438 bits per heavy atom. The van der Waals surface area contributed by atoms with Crippen molar-refractivity contribution in [2.24, 2.45) is 0 Å². The smallest absolute Gasteiger partial charge is 0.317 e. The highest BCUT2D eigenvalue weighted by Gasteiger charge is 2.22. The number of carboxylic acid groups (broad SMARTS) is 3. The van der Waals surface area contributed by atoms with Crippen LogP contribution in [0.25, 0.3) is 0 Å². The van der Waals surface area contributed by atoms with Gasteiger partial charge >= 0.3 is 29.8 Å². The van der Waals surface area contributed by atoms with Gasteiger partial charge in [-0.3, -0.25) is 48.4 Å². The van der Waals surface area contributed by atoms with Gasteiger partial charge in [0.1, 0.15) is 12.7 Å². The summed E-state index contributed by atoms with van der Waals surface area (Å²) in [6.07, 6.45) is 42.2. The lowest BCUT2D eigenvalue weighted by atomic mass is 10.1. The van der Waals surface area contributed by atoms with Crippen molar-refractivity contribution in [3.63, 3.8) is 0 Å². The second-order valence-corrected chi connectivity index (χ2v) is 22.7. The van der Waals surface area contributed by atoms with Gasteiger partial charge in [-0.25, -0.2) is 0 Å². The monoisotopic (exact) mass is 1130 g/mol. The van der Waals surface area contributed by atoms with E-state index in [9.17, 15) is 44.1 Å². The molecule has 0 aromatic heterocycles. The van der Waals surface area contributed by atoms with Gasteiger partial charge in [-0.15, -0.1) is 0 Å². The van der Waals surface area contributed by atoms with Gasteiger partial charge in [0.05, 0.1) is 26.2 Å². The molecule has 0 bridgehead atoms. The molecule has 464 valence electrons. The van der Waals surface area contributed by atoms with E-state index in [1.54, 1.807) is 14.7 Å². The number of amides is 1. The first-order valence-electron chi connectivity index (χ1n) is 31.8. The van der Waals surface area contributed by atoms with Gasteiger partial charge in [-0.1, -0.05) is 141 Å². The fourth-order valence-corrected chi connectivity index (χ4v) is 10.2. The summed E-state index contributed by atoms with van der Waals surface area (Å²) in [6, 6.07) is 0. The topological polar surface area (TPSA) is 201 Å². The van der Waals surface area contributed by atoms with Crippen LogP contribution in [0.1, 0.15) is 219 Å². The molecule has 1 amide bonds. The van der Waals surface area contributed by atoms with Crippen LogP contribution in [-0.4, -0.2) is 205 Å². The molecule has 17 nitrogen and oxygen atoms in total. The van der Waals surface area contributed by atoms with Crippen molar-refractivity contribution in [2.75, 3.05) is 119 Å². The zero-order valence-corrected chi connectivity index (χ0v) is 51.1. The fourth-order valence-electron chi connectivity index (χ4n) is 10.2. The highest BCUT2D eigenvalue weighted by Crippen LogP contribution is 2.14. The Kier molecular flexibility index (Phi) is 48.1. The minimum Gasteiger partial charge on any atom is -0.480 e. The van der Waals surface area contributed by atoms with Crippen LogP contribution in [-0.2, 0) is 38.2 Å². The number of carbonyl (C=O) groups is 6. The van der Waals surface area contributed by atoms with E-state index in [0.29, 0.717) is 91.1 Å². The number of aliphatic carboxylic acids is 3. The SMILES string of the molecule is CCCCCC/C=C/CCCCCCCC(=O)OCC(CN(C)CCCCCCCCN(C)C(=O)CN1CCCN(CC(=O)O)CCN(CC(=O)O)CCCN(CC(=O)O)CC1)OC(=O)CCCCCCC/C=C/CCCCCC. The zero-order chi connectivity index (χ0) is 58.7. The molecule has 1 fully saturated rings. The van der Waals surface area contributed by atoms with Crippen molar-refractivity contribution in [2.45, 2.75) is 225 Å². The molecule has 0 saturated carbocycles. The summed E-state index contributed by atoms with van der Waals surface area (Å²) in [5.74, 6) is -3.35. The Morgan fingerprint density at radius 2 is 0.787 bits per heavy atom. The van der Waals surface area contributed by atoms with Crippen LogP contribution < -0.4 is 0 Å². The maximum absolute atomic E-state index is 13.5. The molecular weight excluding hydrogens is 1020 g/mol. The number of carbonyl (C=O) groups excluding carboxylic acids is 3. The van der Waals surface area contributed by atoms with Crippen LogP contribution in [0.3, 0.4) is 0 Å². The quantitative estimate of drug-likeness (QED) is 0.0295. The summed E-state index contributed by atoms with van der Waals surface area (Å²) < 4.78 is 11.7. The molecule has 1 atom stereocenters. The van der Waals surface area contributed by atoms with Gasteiger partial charge in [0.2, 0.25) is 5.91 Å². The fraction of sp³-hybridized carbons (Fsp3) is 0.841. The van der Waals surface area contributed by atoms with E-state index in [4.69, 9.17) is 9.47 Å². The van der Waals surface area contributed by atoms with E-state index in [0.717, 1.165) is 103 Å².